The average molecular weight is 391 g/mol. The van der Waals surface area contributed by atoms with Gasteiger partial charge in [0.15, 0.2) is 0 Å². The number of aryl methyl sites for hydroxylation is 2. The summed E-state index contributed by atoms with van der Waals surface area (Å²) in [7, 11) is 0. The Kier molecular flexibility index (Phi) is 5.03. The molecule has 2 heterocycles. The van der Waals surface area contributed by atoms with Crippen LogP contribution in [0.3, 0.4) is 0 Å². The van der Waals surface area contributed by atoms with E-state index in [-0.39, 0.29) is 12.4 Å². The van der Waals surface area contributed by atoms with Crippen molar-refractivity contribution in [3.63, 3.8) is 0 Å². The zero-order valence-electron chi connectivity index (χ0n) is 15.3. The highest BCUT2D eigenvalue weighted by Gasteiger charge is 2.23. The molecule has 2 aromatic carbocycles. The number of thiophene rings is 1. The Bertz CT molecular complexity index is 1080. The second-order valence-corrected chi connectivity index (χ2v) is 8.17. The number of nitrogens with zero attached hydrogens (tertiary/aromatic N) is 1. The van der Waals surface area contributed by atoms with Crippen LogP contribution in [0.25, 0.3) is 32.6 Å². The lowest BCUT2D eigenvalue weighted by atomic mass is 9.89. The van der Waals surface area contributed by atoms with Crippen LogP contribution >= 0.6 is 11.3 Å². The topological polar surface area (TPSA) is 12.9 Å². The molecule has 136 valence electrons. The van der Waals surface area contributed by atoms with Gasteiger partial charge in [0, 0.05) is 15.8 Å². The number of hydrogen-bond donors (Lipinski definition) is 0. The predicted octanol–water partition coefficient (Wildman–Crippen LogP) is 3.82. The van der Waals surface area contributed by atoms with Crippen molar-refractivity contribution in [1.82, 2.24) is 4.98 Å². The molecule has 0 atom stereocenters. The van der Waals surface area contributed by atoms with Crippen molar-refractivity contribution >= 4 is 21.6 Å². The van der Waals surface area contributed by atoms with E-state index >= 15 is 0 Å². The number of rotatable bonds is 2. The SMILES string of the molecule is Cc1c(-c2ccccc2)nc2sc3c(c2c1-c1ccccc1)CCCC3.[Cl-]. The number of fused-ring (bicyclic) bond motifs is 3. The van der Waals surface area contributed by atoms with Crippen LogP contribution in [0.4, 0.5) is 0 Å². The van der Waals surface area contributed by atoms with E-state index < -0.39 is 0 Å². The van der Waals surface area contributed by atoms with Gasteiger partial charge in [-0.05, 0) is 54.9 Å². The van der Waals surface area contributed by atoms with Crippen molar-refractivity contribution < 1.29 is 12.4 Å². The first kappa shape index (κ1) is 18.2. The molecule has 4 aromatic rings. The quantitative estimate of drug-likeness (QED) is 0.507. The normalized spacial score (nSPS) is 13.2. The zero-order valence-corrected chi connectivity index (χ0v) is 16.9. The van der Waals surface area contributed by atoms with Gasteiger partial charge in [-0.2, -0.15) is 0 Å². The minimum atomic E-state index is 0. The third kappa shape index (κ3) is 3.07. The average Bonchev–Trinajstić information content (AvgIpc) is 3.07. The molecular weight excluding hydrogens is 370 g/mol. The summed E-state index contributed by atoms with van der Waals surface area (Å²) < 4.78 is 0. The maximum Gasteiger partial charge on any atom is 0.125 e. The van der Waals surface area contributed by atoms with Crippen molar-refractivity contribution in [2.45, 2.75) is 32.6 Å². The molecule has 27 heavy (non-hydrogen) atoms. The van der Waals surface area contributed by atoms with Crippen LogP contribution in [0.5, 0.6) is 0 Å². The van der Waals surface area contributed by atoms with Crippen molar-refractivity contribution in [1.29, 1.82) is 0 Å². The van der Waals surface area contributed by atoms with Gasteiger partial charge in [0.1, 0.15) is 4.83 Å². The van der Waals surface area contributed by atoms with Gasteiger partial charge >= 0.3 is 0 Å². The number of benzene rings is 2. The molecule has 0 aliphatic heterocycles. The Morgan fingerprint density at radius 3 is 2.15 bits per heavy atom. The van der Waals surface area contributed by atoms with Gasteiger partial charge in [0.05, 0.1) is 5.69 Å². The lowest BCUT2D eigenvalue weighted by Gasteiger charge is -2.16. The summed E-state index contributed by atoms with van der Waals surface area (Å²) in [6.45, 7) is 2.24. The number of aromatic nitrogens is 1. The lowest BCUT2D eigenvalue weighted by molar-refractivity contribution is -0.00000504. The van der Waals surface area contributed by atoms with Gasteiger partial charge in [-0.3, -0.25) is 0 Å². The van der Waals surface area contributed by atoms with E-state index in [0.29, 0.717) is 0 Å². The zero-order chi connectivity index (χ0) is 17.5. The van der Waals surface area contributed by atoms with Crippen molar-refractivity contribution in [3.05, 3.63) is 76.7 Å². The van der Waals surface area contributed by atoms with Crippen LogP contribution < -0.4 is 12.4 Å². The molecule has 1 aliphatic carbocycles. The molecule has 0 amide bonds. The third-order valence-electron chi connectivity index (χ3n) is 5.46. The third-order valence-corrected chi connectivity index (χ3v) is 6.64. The van der Waals surface area contributed by atoms with Gasteiger partial charge in [0.25, 0.3) is 0 Å². The van der Waals surface area contributed by atoms with E-state index in [1.54, 1.807) is 10.4 Å². The summed E-state index contributed by atoms with van der Waals surface area (Å²) in [5, 5.41) is 1.41. The summed E-state index contributed by atoms with van der Waals surface area (Å²) in [4.78, 5) is 7.92. The molecule has 5 rings (SSSR count). The first-order valence-corrected chi connectivity index (χ1v) is 10.2. The fourth-order valence-electron chi connectivity index (χ4n) is 4.22. The molecule has 0 saturated carbocycles. The van der Waals surface area contributed by atoms with Crippen LogP contribution in [0.1, 0.15) is 28.8 Å². The largest absolute Gasteiger partial charge is 1.00 e. The fourth-order valence-corrected chi connectivity index (χ4v) is 5.49. The predicted molar refractivity (Wildman–Crippen MR) is 112 cm³/mol. The molecule has 2 aromatic heterocycles. The molecule has 0 spiro atoms. The highest BCUT2D eigenvalue weighted by Crippen LogP contribution is 2.44. The number of pyridine rings is 1. The first-order chi connectivity index (χ1) is 12.8. The molecule has 0 fully saturated rings. The minimum absolute atomic E-state index is 0. The van der Waals surface area contributed by atoms with Gasteiger partial charge < -0.3 is 12.4 Å². The Balaban J connectivity index is 0.00000180. The molecule has 0 unspecified atom stereocenters. The van der Waals surface area contributed by atoms with Crippen molar-refractivity contribution in [2.24, 2.45) is 0 Å². The van der Waals surface area contributed by atoms with Gasteiger partial charge in [-0.25, -0.2) is 4.98 Å². The molecule has 0 N–H and O–H groups in total. The van der Waals surface area contributed by atoms with Crippen LogP contribution in [0, 0.1) is 6.92 Å². The number of halogens is 1. The summed E-state index contributed by atoms with van der Waals surface area (Å²) in [6, 6.07) is 21.5. The molecule has 3 heteroatoms. The Morgan fingerprint density at radius 2 is 1.44 bits per heavy atom. The summed E-state index contributed by atoms with van der Waals surface area (Å²) in [5.74, 6) is 0. The highest BCUT2D eigenvalue weighted by atomic mass is 35.5. The van der Waals surface area contributed by atoms with Crippen LogP contribution in [0.2, 0.25) is 0 Å². The standard InChI is InChI=1S/C24H21NS.ClH/c1-16-21(17-10-4-2-5-11-17)22-19-14-8-9-15-20(19)26-24(22)25-23(16)18-12-6-3-7-13-18;/h2-7,10-13H,8-9,14-15H2,1H3;1H/p-1. The van der Waals surface area contributed by atoms with E-state index in [9.17, 15) is 0 Å². The Hall–Kier alpha value is -2.16. The van der Waals surface area contributed by atoms with E-state index in [0.717, 1.165) is 5.69 Å². The first-order valence-electron chi connectivity index (χ1n) is 9.38. The molecular formula is C24H21ClNS-. The highest BCUT2D eigenvalue weighted by molar-refractivity contribution is 7.19. The molecule has 0 saturated heterocycles. The van der Waals surface area contributed by atoms with Crippen LogP contribution in [0.15, 0.2) is 60.7 Å². The second kappa shape index (κ2) is 7.46. The maximum atomic E-state index is 5.15. The second-order valence-electron chi connectivity index (χ2n) is 7.08. The maximum absolute atomic E-state index is 5.15. The van der Waals surface area contributed by atoms with E-state index in [4.69, 9.17) is 4.98 Å². The molecule has 0 bridgehead atoms. The Morgan fingerprint density at radius 1 is 0.815 bits per heavy atom. The van der Waals surface area contributed by atoms with Crippen LogP contribution in [-0.4, -0.2) is 4.98 Å². The van der Waals surface area contributed by atoms with Crippen molar-refractivity contribution in [2.75, 3.05) is 0 Å². The van der Waals surface area contributed by atoms with E-state index in [2.05, 4.69) is 67.6 Å². The summed E-state index contributed by atoms with van der Waals surface area (Å²) in [6.07, 6.45) is 5.02. The Labute approximate surface area is 170 Å². The monoisotopic (exact) mass is 390 g/mol. The van der Waals surface area contributed by atoms with Crippen LogP contribution in [-0.2, 0) is 12.8 Å². The van der Waals surface area contributed by atoms with Gasteiger partial charge in [-0.15, -0.1) is 11.3 Å². The molecule has 0 radical (unpaired) electrons. The lowest BCUT2D eigenvalue weighted by Crippen LogP contribution is -3.00. The van der Waals surface area contributed by atoms with E-state index in [1.807, 2.05) is 11.3 Å². The van der Waals surface area contributed by atoms with Gasteiger partial charge in [-0.1, -0.05) is 60.7 Å². The summed E-state index contributed by atoms with van der Waals surface area (Å²) >= 11 is 1.91. The molecule has 1 nitrogen and oxygen atoms in total. The number of hydrogen-bond acceptors (Lipinski definition) is 2. The van der Waals surface area contributed by atoms with Gasteiger partial charge in [0.2, 0.25) is 0 Å². The van der Waals surface area contributed by atoms with E-state index in [1.165, 1.54) is 58.2 Å². The fraction of sp³-hybridized carbons (Fsp3) is 0.208. The smallest absolute Gasteiger partial charge is 0.125 e. The van der Waals surface area contributed by atoms with Crippen molar-refractivity contribution in [3.8, 4) is 22.4 Å². The molecule has 1 aliphatic rings. The summed E-state index contributed by atoms with van der Waals surface area (Å²) in [5.41, 5.74) is 7.87. The minimum Gasteiger partial charge on any atom is -1.00 e.